The number of benzene rings is 1. The molecule has 1 amide bonds. The van der Waals surface area contributed by atoms with Crippen molar-refractivity contribution in [2.75, 3.05) is 13.1 Å². The first kappa shape index (κ1) is 16.9. The summed E-state index contributed by atoms with van der Waals surface area (Å²) in [6, 6.07) is 8.00. The summed E-state index contributed by atoms with van der Waals surface area (Å²) in [7, 11) is 0. The van der Waals surface area contributed by atoms with Crippen LogP contribution in [0.25, 0.3) is 0 Å². The molecule has 1 aliphatic heterocycles. The second-order valence-electron chi connectivity index (χ2n) is 6.07. The standard InChI is InChI=1S/C17H22ClN5O/c18-16-6-2-1-4-14(16)10-20-17(24)7-9-22-8-3-5-15(22)11-23-13-19-12-21-23/h1-2,4,6,12-13,15H,3,5,7-11H2,(H,20,24)/t15-/m1/s1. The predicted molar refractivity (Wildman–Crippen MR) is 92.5 cm³/mol. The van der Waals surface area contributed by atoms with Crippen molar-refractivity contribution in [2.45, 2.75) is 38.4 Å². The number of aromatic nitrogens is 3. The van der Waals surface area contributed by atoms with Gasteiger partial charge in [0, 0.05) is 30.6 Å². The van der Waals surface area contributed by atoms with Gasteiger partial charge in [0.2, 0.25) is 5.91 Å². The monoisotopic (exact) mass is 347 g/mol. The number of rotatable bonds is 7. The minimum absolute atomic E-state index is 0.0568. The molecule has 6 nitrogen and oxygen atoms in total. The van der Waals surface area contributed by atoms with E-state index in [1.54, 1.807) is 12.7 Å². The Morgan fingerprint density at radius 3 is 3.04 bits per heavy atom. The van der Waals surface area contributed by atoms with Crippen LogP contribution in [0.3, 0.4) is 0 Å². The van der Waals surface area contributed by atoms with Gasteiger partial charge >= 0.3 is 0 Å². The maximum absolute atomic E-state index is 12.1. The summed E-state index contributed by atoms with van der Waals surface area (Å²) in [4.78, 5) is 18.5. The van der Waals surface area contributed by atoms with Crippen LogP contribution in [-0.2, 0) is 17.9 Å². The van der Waals surface area contributed by atoms with Crippen LogP contribution in [-0.4, -0.2) is 44.7 Å². The van der Waals surface area contributed by atoms with Gasteiger partial charge in [0.15, 0.2) is 0 Å². The maximum atomic E-state index is 12.1. The fourth-order valence-electron chi connectivity index (χ4n) is 3.11. The molecule has 0 bridgehead atoms. The van der Waals surface area contributed by atoms with Gasteiger partial charge in [-0.05, 0) is 31.0 Å². The second-order valence-corrected chi connectivity index (χ2v) is 6.47. The molecule has 1 fully saturated rings. The van der Waals surface area contributed by atoms with Gasteiger partial charge in [-0.25, -0.2) is 4.98 Å². The average molecular weight is 348 g/mol. The summed E-state index contributed by atoms with van der Waals surface area (Å²) >= 11 is 6.10. The molecular weight excluding hydrogens is 326 g/mol. The predicted octanol–water partition coefficient (Wildman–Crippen LogP) is 2.10. The van der Waals surface area contributed by atoms with E-state index in [1.165, 1.54) is 6.42 Å². The lowest BCUT2D eigenvalue weighted by Crippen LogP contribution is -2.36. The molecule has 2 aromatic rings. The zero-order valence-corrected chi connectivity index (χ0v) is 14.3. The van der Waals surface area contributed by atoms with Crippen molar-refractivity contribution in [1.29, 1.82) is 0 Å². The van der Waals surface area contributed by atoms with E-state index in [1.807, 2.05) is 28.9 Å². The van der Waals surface area contributed by atoms with Crippen LogP contribution in [0.1, 0.15) is 24.8 Å². The van der Waals surface area contributed by atoms with Crippen LogP contribution in [0.15, 0.2) is 36.9 Å². The third-order valence-electron chi connectivity index (χ3n) is 4.42. The normalized spacial score (nSPS) is 18.0. The van der Waals surface area contributed by atoms with Gasteiger partial charge in [-0.15, -0.1) is 0 Å². The number of hydrogen-bond donors (Lipinski definition) is 1. The van der Waals surface area contributed by atoms with Crippen LogP contribution in [0.5, 0.6) is 0 Å². The number of amides is 1. The van der Waals surface area contributed by atoms with Gasteiger partial charge in [0.05, 0.1) is 6.54 Å². The summed E-state index contributed by atoms with van der Waals surface area (Å²) in [5.74, 6) is 0.0568. The third-order valence-corrected chi connectivity index (χ3v) is 4.79. The van der Waals surface area contributed by atoms with Gasteiger partial charge in [-0.2, -0.15) is 5.10 Å². The Kier molecular flexibility index (Phi) is 5.82. The molecule has 1 aromatic heterocycles. The minimum atomic E-state index is 0.0568. The van der Waals surface area contributed by atoms with E-state index in [4.69, 9.17) is 11.6 Å². The van der Waals surface area contributed by atoms with Crippen molar-refractivity contribution in [3.63, 3.8) is 0 Å². The Bertz CT molecular complexity index is 661. The van der Waals surface area contributed by atoms with E-state index in [2.05, 4.69) is 20.3 Å². The van der Waals surface area contributed by atoms with E-state index in [0.29, 0.717) is 24.0 Å². The number of carbonyl (C=O) groups is 1. The number of halogens is 1. The molecule has 24 heavy (non-hydrogen) atoms. The van der Waals surface area contributed by atoms with Gasteiger partial charge in [0.25, 0.3) is 0 Å². The molecule has 7 heteroatoms. The third kappa shape index (κ3) is 4.55. The van der Waals surface area contributed by atoms with Crippen LogP contribution in [0, 0.1) is 0 Å². The van der Waals surface area contributed by atoms with Gasteiger partial charge in [0.1, 0.15) is 12.7 Å². The largest absolute Gasteiger partial charge is 0.352 e. The van der Waals surface area contributed by atoms with Crippen LogP contribution in [0.2, 0.25) is 5.02 Å². The summed E-state index contributed by atoms with van der Waals surface area (Å²) < 4.78 is 1.86. The molecule has 2 heterocycles. The summed E-state index contributed by atoms with van der Waals surface area (Å²) in [5, 5.41) is 7.80. The lowest BCUT2D eigenvalue weighted by Gasteiger charge is -2.23. The molecule has 0 aliphatic carbocycles. The van der Waals surface area contributed by atoms with Crippen LogP contribution >= 0.6 is 11.6 Å². The lowest BCUT2D eigenvalue weighted by molar-refractivity contribution is -0.121. The van der Waals surface area contributed by atoms with E-state index in [0.717, 1.165) is 31.6 Å². The number of nitrogens with one attached hydrogen (secondary N) is 1. The van der Waals surface area contributed by atoms with E-state index < -0.39 is 0 Å². The highest BCUT2D eigenvalue weighted by atomic mass is 35.5. The molecule has 3 rings (SSSR count). The molecule has 128 valence electrons. The summed E-state index contributed by atoms with van der Waals surface area (Å²) in [6.07, 6.45) is 6.11. The quantitative estimate of drug-likeness (QED) is 0.833. The summed E-state index contributed by atoms with van der Waals surface area (Å²) in [6.45, 7) is 3.12. The van der Waals surface area contributed by atoms with Crippen molar-refractivity contribution in [1.82, 2.24) is 25.0 Å². The molecule has 1 N–H and O–H groups in total. The Balaban J connectivity index is 1.43. The molecule has 1 aromatic carbocycles. The van der Waals surface area contributed by atoms with E-state index in [9.17, 15) is 4.79 Å². The molecule has 0 unspecified atom stereocenters. The Hall–Kier alpha value is -1.92. The zero-order chi connectivity index (χ0) is 16.8. The van der Waals surface area contributed by atoms with E-state index in [-0.39, 0.29) is 5.91 Å². The second kappa shape index (κ2) is 8.26. The highest BCUT2D eigenvalue weighted by Crippen LogP contribution is 2.19. The molecule has 1 aliphatic rings. The Labute approximate surface area is 146 Å². The number of nitrogens with zero attached hydrogens (tertiary/aromatic N) is 4. The molecular formula is C17H22ClN5O. The average Bonchev–Trinajstić information content (AvgIpc) is 3.24. The van der Waals surface area contributed by atoms with E-state index >= 15 is 0 Å². The van der Waals surface area contributed by atoms with Gasteiger partial charge in [-0.1, -0.05) is 29.8 Å². The fourth-order valence-corrected chi connectivity index (χ4v) is 3.31. The van der Waals surface area contributed by atoms with Gasteiger partial charge in [-0.3, -0.25) is 14.4 Å². The first-order chi connectivity index (χ1) is 11.7. The highest BCUT2D eigenvalue weighted by Gasteiger charge is 2.25. The van der Waals surface area contributed by atoms with Crippen molar-refractivity contribution in [3.05, 3.63) is 47.5 Å². The smallest absolute Gasteiger partial charge is 0.221 e. The SMILES string of the molecule is O=C(CCN1CCC[C@@H]1Cn1cncn1)NCc1ccccc1Cl. The Morgan fingerprint density at radius 1 is 1.38 bits per heavy atom. The van der Waals surface area contributed by atoms with Crippen LogP contribution in [0.4, 0.5) is 0 Å². The summed E-state index contributed by atoms with van der Waals surface area (Å²) in [5.41, 5.74) is 0.942. The van der Waals surface area contributed by atoms with Crippen molar-refractivity contribution in [2.24, 2.45) is 0 Å². The fraction of sp³-hybridized carbons (Fsp3) is 0.471. The topological polar surface area (TPSA) is 63.1 Å². The minimum Gasteiger partial charge on any atom is -0.352 e. The molecule has 1 atom stereocenters. The molecule has 1 saturated heterocycles. The number of likely N-dealkylation sites (tertiary alicyclic amines) is 1. The van der Waals surface area contributed by atoms with Crippen molar-refractivity contribution in [3.8, 4) is 0 Å². The maximum Gasteiger partial charge on any atom is 0.221 e. The van der Waals surface area contributed by atoms with Crippen molar-refractivity contribution >= 4 is 17.5 Å². The Morgan fingerprint density at radius 2 is 2.25 bits per heavy atom. The number of hydrogen-bond acceptors (Lipinski definition) is 4. The molecule has 0 saturated carbocycles. The van der Waals surface area contributed by atoms with Crippen molar-refractivity contribution < 1.29 is 4.79 Å². The first-order valence-electron chi connectivity index (χ1n) is 8.29. The van der Waals surface area contributed by atoms with Crippen LogP contribution < -0.4 is 5.32 Å². The highest BCUT2D eigenvalue weighted by molar-refractivity contribution is 6.31. The molecule has 0 radical (unpaired) electrons. The first-order valence-corrected chi connectivity index (χ1v) is 8.67. The number of carbonyl (C=O) groups excluding carboxylic acids is 1. The van der Waals surface area contributed by atoms with Gasteiger partial charge < -0.3 is 5.32 Å². The molecule has 0 spiro atoms. The zero-order valence-electron chi connectivity index (χ0n) is 13.6. The lowest BCUT2D eigenvalue weighted by atomic mass is 10.2.